The zero-order valence-electron chi connectivity index (χ0n) is 25.5. The predicted octanol–water partition coefficient (Wildman–Crippen LogP) is 12.5. The molecule has 10 rings (SSSR count). The summed E-state index contributed by atoms with van der Waals surface area (Å²) in [6.45, 7) is 0. The number of anilines is 3. The Morgan fingerprint density at radius 1 is 0.404 bits per heavy atom. The lowest BCUT2D eigenvalue weighted by atomic mass is 9.98. The van der Waals surface area contributed by atoms with Crippen LogP contribution in [0, 0.1) is 0 Å². The zero-order chi connectivity index (χ0) is 30.9. The van der Waals surface area contributed by atoms with Crippen LogP contribution in [0.2, 0.25) is 0 Å². The van der Waals surface area contributed by atoms with Crippen molar-refractivity contribution in [2.24, 2.45) is 0 Å². The van der Waals surface area contributed by atoms with Crippen LogP contribution >= 0.6 is 0 Å². The van der Waals surface area contributed by atoms with Crippen LogP contribution in [0.5, 0.6) is 0 Å². The molecule has 0 aliphatic heterocycles. The fourth-order valence-corrected chi connectivity index (χ4v) is 7.45. The van der Waals surface area contributed by atoms with E-state index in [2.05, 4.69) is 167 Å². The van der Waals surface area contributed by atoms with Crippen LogP contribution < -0.4 is 4.90 Å². The summed E-state index contributed by atoms with van der Waals surface area (Å²) in [5, 5.41) is 9.54. The topological polar surface area (TPSA) is 21.3 Å². The summed E-state index contributed by atoms with van der Waals surface area (Å²) in [6.07, 6.45) is 0. The summed E-state index contributed by atoms with van der Waals surface area (Å²) in [7, 11) is 0. The van der Waals surface area contributed by atoms with Gasteiger partial charge in [0.15, 0.2) is 0 Å². The van der Waals surface area contributed by atoms with E-state index in [-0.39, 0.29) is 0 Å². The highest BCUT2D eigenvalue weighted by Crippen LogP contribution is 2.45. The molecule has 3 heteroatoms. The molecule has 0 bridgehead atoms. The minimum absolute atomic E-state index is 0.917. The lowest BCUT2D eigenvalue weighted by molar-refractivity contribution is 0.669. The molecule has 220 valence electrons. The fraction of sp³-hybridized carbons (Fsp3) is 0. The maximum atomic E-state index is 6.25. The summed E-state index contributed by atoms with van der Waals surface area (Å²) >= 11 is 0. The molecule has 0 atom stereocenters. The van der Waals surface area contributed by atoms with Crippen molar-refractivity contribution in [3.8, 4) is 5.69 Å². The fourth-order valence-electron chi connectivity index (χ4n) is 7.45. The number of rotatable bonds is 4. The van der Waals surface area contributed by atoms with Crippen LogP contribution in [0.4, 0.5) is 17.1 Å². The molecule has 0 spiro atoms. The third kappa shape index (κ3) is 3.93. The van der Waals surface area contributed by atoms with Crippen molar-refractivity contribution in [3.05, 3.63) is 170 Å². The van der Waals surface area contributed by atoms with Crippen LogP contribution in [0.15, 0.2) is 174 Å². The smallest absolute Gasteiger partial charge is 0.136 e. The van der Waals surface area contributed by atoms with E-state index in [1.54, 1.807) is 0 Å². The molecule has 0 saturated carbocycles. The van der Waals surface area contributed by atoms with Gasteiger partial charge >= 0.3 is 0 Å². The van der Waals surface area contributed by atoms with Crippen molar-refractivity contribution < 1.29 is 4.42 Å². The van der Waals surface area contributed by atoms with Crippen LogP contribution in [-0.4, -0.2) is 4.57 Å². The van der Waals surface area contributed by atoms with Crippen molar-refractivity contribution in [2.75, 3.05) is 4.90 Å². The Morgan fingerprint density at radius 3 is 1.96 bits per heavy atom. The van der Waals surface area contributed by atoms with Crippen LogP contribution in [0.25, 0.3) is 71.0 Å². The van der Waals surface area contributed by atoms with E-state index in [0.717, 1.165) is 44.7 Å². The van der Waals surface area contributed by atoms with Crippen molar-refractivity contribution in [1.29, 1.82) is 0 Å². The Hall–Kier alpha value is -6.32. The van der Waals surface area contributed by atoms with Gasteiger partial charge in [0.2, 0.25) is 0 Å². The van der Waals surface area contributed by atoms with Gasteiger partial charge in [-0.3, -0.25) is 0 Å². The Kier molecular flexibility index (Phi) is 5.57. The molecule has 0 fully saturated rings. The van der Waals surface area contributed by atoms with Gasteiger partial charge in [-0.25, -0.2) is 0 Å². The van der Waals surface area contributed by atoms with Crippen molar-refractivity contribution in [2.45, 2.75) is 0 Å². The van der Waals surface area contributed by atoms with E-state index >= 15 is 0 Å². The number of hydrogen-bond donors (Lipinski definition) is 0. The number of nitrogens with zero attached hydrogens (tertiary/aromatic N) is 2. The maximum Gasteiger partial charge on any atom is 0.136 e. The number of aromatic nitrogens is 1. The van der Waals surface area contributed by atoms with Gasteiger partial charge in [-0.1, -0.05) is 97.1 Å². The SMILES string of the molecule is c1ccc(N(c2ccc3ccc4cc5oc6ccccc6c5cc4c3c2)c2cccc3c2c2ccccc2n3-c2ccccc2)cc1. The third-order valence-electron chi connectivity index (χ3n) is 9.52. The van der Waals surface area contributed by atoms with Gasteiger partial charge in [-0.05, 0) is 94.3 Å². The second kappa shape index (κ2) is 10.1. The number of fused-ring (bicyclic) bond motifs is 9. The lowest BCUT2D eigenvalue weighted by Gasteiger charge is -2.27. The molecule has 0 aliphatic rings. The van der Waals surface area contributed by atoms with E-state index in [1.165, 1.54) is 43.4 Å². The highest BCUT2D eigenvalue weighted by atomic mass is 16.3. The Balaban J connectivity index is 1.27. The van der Waals surface area contributed by atoms with Gasteiger partial charge in [0, 0.05) is 38.6 Å². The molecule has 3 nitrogen and oxygen atoms in total. The normalized spacial score (nSPS) is 11.8. The monoisotopic (exact) mass is 600 g/mol. The van der Waals surface area contributed by atoms with Crippen molar-refractivity contribution in [3.63, 3.8) is 0 Å². The highest BCUT2D eigenvalue weighted by Gasteiger charge is 2.21. The molecule has 2 aromatic heterocycles. The summed E-state index contributed by atoms with van der Waals surface area (Å²) in [5.74, 6) is 0. The largest absolute Gasteiger partial charge is 0.456 e. The lowest BCUT2D eigenvalue weighted by Crippen LogP contribution is -2.10. The van der Waals surface area contributed by atoms with Crippen molar-refractivity contribution in [1.82, 2.24) is 4.57 Å². The first-order valence-electron chi connectivity index (χ1n) is 16.0. The molecule has 8 aromatic carbocycles. The first-order valence-corrected chi connectivity index (χ1v) is 16.0. The quantitative estimate of drug-likeness (QED) is 0.187. The second-order valence-corrected chi connectivity index (χ2v) is 12.2. The van der Waals surface area contributed by atoms with Crippen LogP contribution in [0.3, 0.4) is 0 Å². The van der Waals surface area contributed by atoms with E-state index in [1.807, 2.05) is 12.1 Å². The highest BCUT2D eigenvalue weighted by molar-refractivity contribution is 6.19. The molecular weight excluding hydrogens is 572 g/mol. The molecule has 47 heavy (non-hydrogen) atoms. The minimum atomic E-state index is 0.917. The average Bonchev–Trinajstić information content (AvgIpc) is 3.67. The summed E-state index contributed by atoms with van der Waals surface area (Å²) in [4.78, 5) is 2.41. The maximum absolute atomic E-state index is 6.25. The first-order chi connectivity index (χ1) is 23.3. The molecule has 0 N–H and O–H groups in total. The molecule has 0 radical (unpaired) electrons. The van der Waals surface area contributed by atoms with Gasteiger partial charge in [0.1, 0.15) is 11.2 Å². The number of para-hydroxylation sites is 4. The van der Waals surface area contributed by atoms with Gasteiger partial charge in [0.05, 0.1) is 16.7 Å². The summed E-state index contributed by atoms with van der Waals surface area (Å²) in [6, 6.07) is 60.9. The van der Waals surface area contributed by atoms with Gasteiger partial charge < -0.3 is 13.9 Å². The summed E-state index contributed by atoms with van der Waals surface area (Å²) in [5.41, 5.74) is 8.71. The molecule has 10 aromatic rings. The Morgan fingerprint density at radius 2 is 1.09 bits per heavy atom. The van der Waals surface area contributed by atoms with Gasteiger partial charge in [-0.15, -0.1) is 0 Å². The molecule has 0 aliphatic carbocycles. The molecule has 0 amide bonds. The van der Waals surface area contributed by atoms with E-state index in [0.29, 0.717) is 0 Å². The molecular formula is C44H28N2O. The molecule has 0 saturated heterocycles. The van der Waals surface area contributed by atoms with E-state index in [4.69, 9.17) is 4.42 Å². The molecule has 0 unspecified atom stereocenters. The number of hydrogen-bond acceptors (Lipinski definition) is 2. The predicted molar refractivity (Wildman–Crippen MR) is 198 cm³/mol. The van der Waals surface area contributed by atoms with Gasteiger partial charge in [-0.2, -0.15) is 0 Å². The number of furan rings is 1. The summed E-state index contributed by atoms with van der Waals surface area (Å²) < 4.78 is 8.63. The molecule has 2 heterocycles. The van der Waals surface area contributed by atoms with Crippen LogP contribution in [0.1, 0.15) is 0 Å². The number of benzene rings is 8. The standard InChI is InChI=1S/C44H28N2O/c1-3-12-31(13-4-1)45(40-19-11-20-41-44(40)35-17-7-9-18-39(35)46(41)32-14-5-2-6-15-32)33-25-24-29-22-23-30-26-43-38(28-37(30)36(29)27-33)34-16-8-10-21-42(34)47-43/h1-28H. The second-order valence-electron chi connectivity index (χ2n) is 12.2. The average molecular weight is 601 g/mol. The zero-order valence-corrected chi connectivity index (χ0v) is 25.5. The minimum Gasteiger partial charge on any atom is -0.456 e. The third-order valence-corrected chi connectivity index (χ3v) is 9.52. The first kappa shape index (κ1) is 26.0. The van der Waals surface area contributed by atoms with Crippen LogP contribution in [-0.2, 0) is 0 Å². The Bertz CT molecular complexity index is 2790. The van der Waals surface area contributed by atoms with Gasteiger partial charge in [0.25, 0.3) is 0 Å². The van der Waals surface area contributed by atoms with E-state index < -0.39 is 0 Å². The van der Waals surface area contributed by atoms with E-state index in [9.17, 15) is 0 Å². The van der Waals surface area contributed by atoms with Crippen molar-refractivity contribution >= 4 is 82.4 Å². The Labute approximate surface area is 271 Å².